The Labute approximate surface area is 139 Å². The third-order valence-corrected chi connectivity index (χ3v) is 4.16. The fraction of sp³-hybridized carbons (Fsp3) is 0.579. The van der Waals surface area contributed by atoms with Crippen LogP contribution < -0.4 is 5.73 Å². The van der Waals surface area contributed by atoms with E-state index in [1.165, 1.54) is 11.1 Å². The Morgan fingerprint density at radius 1 is 1.04 bits per heavy atom. The molecule has 4 heteroatoms. The molecule has 1 aromatic rings. The molecule has 0 unspecified atom stereocenters. The SMILES string of the molecule is C[C@@H](CCC(N)=O)CCc1cccc(CCCCCC(=O)O)c1. The number of amides is 1. The molecular formula is C19H29NO3. The number of hydrogen-bond donors (Lipinski definition) is 2. The van der Waals surface area contributed by atoms with Gasteiger partial charge in [0.05, 0.1) is 0 Å². The number of nitrogens with two attached hydrogens (primary N) is 1. The molecule has 1 atom stereocenters. The molecule has 0 bridgehead atoms. The molecule has 0 radical (unpaired) electrons. The smallest absolute Gasteiger partial charge is 0.303 e. The molecule has 0 aliphatic carbocycles. The summed E-state index contributed by atoms with van der Waals surface area (Å²) in [6, 6.07) is 8.62. The summed E-state index contributed by atoms with van der Waals surface area (Å²) in [6.07, 6.45) is 7.44. The zero-order valence-electron chi connectivity index (χ0n) is 14.1. The van der Waals surface area contributed by atoms with Crippen molar-refractivity contribution in [3.05, 3.63) is 35.4 Å². The van der Waals surface area contributed by atoms with Crippen molar-refractivity contribution in [2.45, 2.75) is 64.7 Å². The van der Waals surface area contributed by atoms with Crippen LogP contribution in [0.1, 0.15) is 63.0 Å². The Balaban J connectivity index is 2.29. The fourth-order valence-corrected chi connectivity index (χ4v) is 2.67. The molecule has 0 spiro atoms. The van der Waals surface area contributed by atoms with Gasteiger partial charge < -0.3 is 10.8 Å². The first-order valence-corrected chi connectivity index (χ1v) is 8.55. The lowest BCUT2D eigenvalue weighted by atomic mass is 9.95. The summed E-state index contributed by atoms with van der Waals surface area (Å²) in [7, 11) is 0. The molecule has 0 fully saturated rings. The lowest BCUT2D eigenvalue weighted by Crippen LogP contribution is -2.12. The summed E-state index contributed by atoms with van der Waals surface area (Å²) < 4.78 is 0. The zero-order valence-corrected chi connectivity index (χ0v) is 14.1. The molecule has 1 rings (SSSR count). The maximum absolute atomic E-state index is 10.8. The van der Waals surface area contributed by atoms with Gasteiger partial charge in [0.1, 0.15) is 0 Å². The second-order valence-corrected chi connectivity index (χ2v) is 6.42. The Kier molecular flexibility index (Phi) is 9.03. The number of hydrogen-bond acceptors (Lipinski definition) is 2. The number of aliphatic carboxylic acids is 1. The highest BCUT2D eigenvalue weighted by Gasteiger charge is 2.05. The van der Waals surface area contributed by atoms with Crippen LogP contribution in [0.2, 0.25) is 0 Å². The first-order chi connectivity index (χ1) is 11.0. The van der Waals surface area contributed by atoms with E-state index in [1.807, 2.05) is 0 Å². The number of primary amides is 1. The molecule has 0 aliphatic rings. The van der Waals surface area contributed by atoms with Crippen molar-refractivity contribution < 1.29 is 14.7 Å². The Morgan fingerprint density at radius 2 is 1.74 bits per heavy atom. The number of carboxylic acids is 1. The highest BCUT2D eigenvalue weighted by Crippen LogP contribution is 2.16. The maximum Gasteiger partial charge on any atom is 0.303 e. The van der Waals surface area contributed by atoms with Crippen LogP contribution in [0.5, 0.6) is 0 Å². The summed E-state index contributed by atoms with van der Waals surface area (Å²) in [4.78, 5) is 21.3. The lowest BCUT2D eigenvalue weighted by molar-refractivity contribution is -0.137. The van der Waals surface area contributed by atoms with Crippen molar-refractivity contribution in [2.24, 2.45) is 11.7 Å². The zero-order chi connectivity index (χ0) is 17.1. The molecule has 0 aliphatic heterocycles. The summed E-state index contributed by atoms with van der Waals surface area (Å²) in [5.74, 6) is -0.429. The number of carbonyl (C=O) groups is 2. The van der Waals surface area contributed by atoms with Crippen LogP contribution in [0.3, 0.4) is 0 Å². The summed E-state index contributed by atoms with van der Waals surface area (Å²) in [6.45, 7) is 2.16. The number of unbranched alkanes of at least 4 members (excludes halogenated alkanes) is 2. The van der Waals surface area contributed by atoms with Gasteiger partial charge in [-0.15, -0.1) is 0 Å². The Bertz CT molecular complexity index is 499. The van der Waals surface area contributed by atoms with Gasteiger partial charge in [-0.3, -0.25) is 9.59 Å². The van der Waals surface area contributed by atoms with Gasteiger partial charge in [0.2, 0.25) is 5.91 Å². The van der Waals surface area contributed by atoms with Gasteiger partial charge in [-0.2, -0.15) is 0 Å². The minimum Gasteiger partial charge on any atom is -0.481 e. The molecule has 0 heterocycles. The number of rotatable bonds is 12. The van der Waals surface area contributed by atoms with Crippen LogP contribution in [0, 0.1) is 5.92 Å². The van der Waals surface area contributed by atoms with Gasteiger partial charge in [-0.05, 0) is 55.6 Å². The van der Waals surface area contributed by atoms with Crippen molar-refractivity contribution in [3.8, 4) is 0 Å². The van der Waals surface area contributed by atoms with Gasteiger partial charge in [0, 0.05) is 12.8 Å². The third kappa shape index (κ3) is 9.72. The highest BCUT2D eigenvalue weighted by atomic mass is 16.4. The van der Waals surface area contributed by atoms with E-state index < -0.39 is 5.97 Å². The molecule has 3 N–H and O–H groups in total. The lowest BCUT2D eigenvalue weighted by Gasteiger charge is -2.11. The molecule has 23 heavy (non-hydrogen) atoms. The molecule has 4 nitrogen and oxygen atoms in total. The largest absolute Gasteiger partial charge is 0.481 e. The quantitative estimate of drug-likeness (QED) is 0.576. The molecular weight excluding hydrogens is 290 g/mol. The maximum atomic E-state index is 10.8. The van der Waals surface area contributed by atoms with Crippen LogP contribution in [0.15, 0.2) is 24.3 Å². The van der Waals surface area contributed by atoms with Gasteiger partial charge >= 0.3 is 5.97 Å². The highest BCUT2D eigenvalue weighted by molar-refractivity contribution is 5.73. The van der Waals surface area contributed by atoms with Crippen LogP contribution >= 0.6 is 0 Å². The minimum atomic E-state index is -0.711. The molecule has 0 saturated carbocycles. The van der Waals surface area contributed by atoms with Crippen LogP contribution in [0.4, 0.5) is 0 Å². The summed E-state index contributed by atoms with van der Waals surface area (Å²) >= 11 is 0. The fourth-order valence-electron chi connectivity index (χ4n) is 2.67. The van der Waals surface area contributed by atoms with Gasteiger partial charge in [-0.25, -0.2) is 0 Å². The first kappa shape index (κ1) is 19.2. The van der Waals surface area contributed by atoms with Crippen molar-refractivity contribution >= 4 is 11.9 Å². The predicted octanol–water partition coefficient (Wildman–Crippen LogP) is 3.71. The van der Waals surface area contributed by atoms with Gasteiger partial charge in [0.15, 0.2) is 0 Å². The second kappa shape index (κ2) is 10.8. The number of carboxylic acid groups (broad SMARTS) is 1. The molecule has 0 saturated heterocycles. The topological polar surface area (TPSA) is 80.4 Å². The van der Waals surface area contributed by atoms with Crippen molar-refractivity contribution in [1.29, 1.82) is 0 Å². The average Bonchev–Trinajstić information content (AvgIpc) is 2.50. The second-order valence-electron chi connectivity index (χ2n) is 6.42. The normalized spacial score (nSPS) is 12.0. The number of aryl methyl sites for hydroxylation is 2. The van der Waals surface area contributed by atoms with Gasteiger partial charge in [0.25, 0.3) is 0 Å². The van der Waals surface area contributed by atoms with E-state index in [0.29, 0.717) is 12.3 Å². The Morgan fingerprint density at radius 3 is 2.39 bits per heavy atom. The molecule has 0 aromatic heterocycles. The standard InChI is InChI=1S/C19H29NO3/c1-15(11-13-18(20)21)10-12-17-8-5-7-16(14-17)6-3-2-4-9-19(22)23/h5,7-8,14-15H,2-4,6,9-13H2,1H3,(H2,20,21)(H,22,23)/t15-/m1/s1. The van der Waals surface area contributed by atoms with E-state index in [1.54, 1.807) is 0 Å². The number of benzene rings is 1. The van der Waals surface area contributed by atoms with E-state index in [-0.39, 0.29) is 12.3 Å². The molecule has 1 aromatic carbocycles. The van der Waals surface area contributed by atoms with Crippen molar-refractivity contribution in [1.82, 2.24) is 0 Å². The number of carbonyl (C=O) groups excluding carboxylic acids is 1. The molecule has 1 amide bonds. The van der Waals surface area contributed by atoms with Crippen molar-refractivity contribution in [3.63, 3.8) is 0 Å². The third-order valence-electron chi connectivity index (χ3n) is 4.16. The van der Waals surface area contributed by atoms with Crippen LogP contribution in [0.25, 0.3) is 0 Å². The monoisotopic (exact) mass is 319 g/mol. The first-order valence-electron chi connectivity index (χ1n) is 8.55. The van der Waals surface area contributed by atoms with Crippen molar-refractivity contribution in [2.75, 3.05) is 0 Å². The van der Waals surface area contributed by atoms with E-state index in [4.69, 9.17) is 10.8 Å². The van der Waals surface area contributed by atoms with E-state index >= 15 is 0 Å². The summed E-state index contributed by atoms with van der Waals surface area (Å²) in [5, 5.41) is 8.61. The summed E-state index contributed by atoms with van der Waals surface area (Å²) in [5.41, 5.74) is 7.84. The average molecular weight is 319 g/mol. The molecule has 128 valence electrons. The van der Waals surface area contributed by atoms with E-state index in [0.717, 1.165) is 44.9 Å². The van der Waals surface area contributed by atoms with Crippen LogP contribution in [-0.4, -0.2) is 17.0 Å². The van der Waals surface area contributed by atoms with Gasteiger partial charge in [-0.1, -0.05) is 37.6 Å². The predicted molar refractivity (Wildman–Crippen MR) is 92.2 cm³/mol. The van der Waals surface area contributed by atoms with Crippen LogP contribution in [-0.2, 0) is 22.4 Å². The van der Waals surface area contributed by atoms with E-state index in [2.05, 4.69) is 31.2 Å². The van der Waals surface area contributed by atoms with E-state index in [9.17, 15) is 9.59 Å². The Hall–Kier alpha value is -1.84. The minimum absolute atomic E-state index is 0.221.